The molecule has 5 N–H and O–H groups in total. The average molecular weight is 264 g/mol. The molecule has 0 aliphatic carbocycles. The van der Waals surface area contributed by atoms with Crippen molar-refractivity contribution in [2.75, 3.05) is 16.9 Å². The molecule has 7 nitrogen and oxygen atoms in total. The number of primary amides is 1. The summed E-state index contributed by atoms with van der Waals surface area (Å²) < 4.78 is 0. The topological polar surface area (TPSA) is 110 Å². The standard InChI is InChI=1S/C12H20N6O/c1-7-3-4-9(12(13)19)6-18(7)11-5-10(17-14)15-8(2)16-11/h5,7,9H,3-4,6,14H2,1-2H3,(H2,13,19)(H,15,16,17). The molecule has 19 heavy (non-hydrogen) atoms. The van der Waals surface area contributed by atoms with Gasteiger partial charge in [-0.15, -0.1) is 0 Å². The van der Waals surface area contributed by atoms with Gasteiger partial charge in [-0.3, -0.25) is 4.79 Å². The fraction of sp³-hybridized carbons (Fsp3) is 0.583. The number of aryl methyl sites for hydroxylation is 1. The minimum atomic E-state index is -0.250. The second-order valence-corrected chi connectivity index (χ2v) is 4.98. The summed E-state index contributed by atoms with van der Waals surface area (Å²) in [6.07, 6.45) is 1.75. The second kappa shape index (κ2) is 5.40. The Morgan fingerprint density at radius 3 is 2.84 bits per heavy atom. The van der Waals surface area contributed by atoms with Crippen LogP contribution in [0.1, 0.15) is 25.6 Å². The summed E-state index contributed by atoms with van der Waals surface area (Å²) in [4.78, 5) is 22.0. The zero-order valence-electron chi connectivity index (χ0n) is 11.3. The van der Waals surface area contributed by atoms with Gasteiger partial charge in [-0.05, 0) is 26.7 Å². The number of rotatable bonds is 3. The molecule has 1 amide bonds. The van der Waals surface area contributed by atoms with E-state index in [0.717, 1.165) is 18.7 Å². The summed E-state index contributed by atoms with van der Waals surface area (Å²) in [6.45, 7) is 4.52. The first kappa shape index (κ1) is 13.5. The summed E-state index contributed by atoms with van der Waals surface area (Å²) in [7, 11) is 0. The largest absolute Gasteiger partial charge is 0.369 e. The SMILES string of the molecule is Cc1nc(NN)cc(N2CC(C(N)=O)CCC2C)n1. The Kier molecular flexibility index (Phi) is 3.84. The van der Waals surface area contributed by atoms with E-state index in [1.807, 2.05) is 6.92 Å². The number of anilines is 2. The molecule has 1 fully saturated rings. The summed E-state index contributed by atoms with van der Waals surface area (Å²) in [5.41, 5.74) is 7.93. The number of aromatic nitrogens is 2. The van der Waals surface area contributed by atoms with E-state index in [4.69, 9.17) is 11.6 Å². The highest BCUT2D eigenvalue weighted by molar-refractivity contribution is 5.77. The van der Waals surface area contributed by atoms with Crippen molar-refractivity contribution in [3.05, 3.63) is 11.9 Å². The molecule has 2 atom stereocenters. The smallest absolute Gasteiger partial charge is 0.222 e. The molecule has 0 bridgehead atoms. The highest BCUT2D eigenvalue weighted by Gasteiger charge is 2.29. The number of nitrogen functional groups attached to an aromatic ring is 1. The Balaban J connectivity index is 2.27. The lowest BCUT2D eigenvalue weighted by Crippen LogP contribution is -2.46. The van der Waals surface area contributed by atoms with Crippen LogP contribution in [-0.2, 0) is 4.79 Å². The van der Waals surface area contributed by atoms with Gasteiger partial charge in [0.2, 0.25) is 5.91 Å². The Morgan fingerprint density at radius 2 is 2.21 bits per heavy atom. The van der Waals surface area contributed by atoms with Crippen molar-refractivity contribution < 1.29 is 4.79 Å². The lowest BCUT2D eigenvalue weighted by atomic mass is 9.93. The van der Waals surface area contributed by atoms with Crippen LogP contribution in [-0.4, -0.2) is 28.5 Å². The van der Waals surface area contributed by atoms with Crippen LogP contribution in [0.15, 0.2) is 6.07 Å². The number of carbonyl (C=O) groups excluding carboxylic acids is 1. The highest BCUT2D eigenvalue weighted by atomic mass is 16.1. The van der Waals surface area contributed by atoms with Gasteiger partial charge in [0.05, 0.1) is 5.92 Å². The van der Waals surface area contributed by atoms with Gasteiger partial charge < -0.3 is 16.1 Å². The molecule has 0 radical (unpaired) electrons. The summed E-state index contributed by atoms with van der Waals surface area (Å²) in [5, 5.41) is 0. The number of nitrogens with one attached hydrogen (secondary N) is 1. The lowest BCUT2D eigenvalue weighted by Gasteiger charge is -2.37. The van der Waals surface area contributed by atoms with Crippen molar-refractivity contribution in [3.8, 4) is 0 Å². The van der Waals surface area contributed by atoms with E-state index in [-0.39, 0.29) is 11.8 Å². The minimum absolute atomic E-state index is 0.124. The molecule has 104 valence electrons. The molecule has 1 aromatic heterocycles. The van der Waals surface area contributed by atoms with Crippen molar-refractivity contribution in [3.63, 3.8) is 0 Å². The molecule has 0 aromatic carbocycles. The maximum Gasteiger partial charge on any atom is 0.222 e. The first-order valence-corrected chi connectivity index (χ1v) is 6.39. The number of amides is 1. The molecular formula is C12H20N6O. The molecule has 2 rings (SSSR count). The average Bonchev–Trinajstić information content (AvgIpc) is 2.38. The summed E-state index contributed by atoms with van der Waals surface area (Å²) in [6, 6.07) is 2.10. The predicted molar refractivity (Wildman–Crippen MR) is 73.3 cm³/mol. The first-order chi connectivity index (χ1) is 9.01. The Labute approximate surface area is 112 Å². The predicted octanol–water partition coefficient (Wildman–Crippen LogP) is 0.161. The third-order valence-corrected chi connectivity index (χ3v) is 3.55. The quantitative estimate of drug-likeness (QED) is 0.530. The van der Waals surface area contributed by atoms with Gasteiger partial charge in [-0.25, -0.2) is 15.8 Å². The monoisotopic (exact) mass is 264 g/mol. The van der Waals surface area contributed by atoms with Crippen molar-refractivity contribution in [1.82, 2.24) is 9.97 Å². The van der Waals surface area contributed by atoms with E-state index in [0.29, 0.717) is 24.2 Å². The summed E-state index contributed by atoms with van der Waals surface area (Å²) in [5.74, 6) is 7.00. The van der Waals surface area contributed by atoms with Gasteiger partial charge in [-0.2, -0.15) is 0 Å². The third-order valence-electron chi connectivity index (χ3n) is 3.55. The molecule has 0 spiro atoms. The van der Waals surface area contributed by atoms with Crippen molar-refractivity contribution in [1.29, 1.82) is 0 Å². The number of hydrogen-bond acceptors (Lipinski definition) is 6. The molecular weight excluding hydrogens is 244 g/mol. The maximum absolute atomic E-state index is 11.4. The Bertz CT molecular complexity index is 477. The molecule has 1 aliphatic rings. The van der Waals surface area contributed by atoms with Crippen LogP contribution < -0.4 is 21.9 Å². The third kappa shape index (κ3) is 2.93. The lowest BCUT2D eigenvalue weighted by molar-refractivity contribution is -0.122. The van der Waals surface area contributed by atoms with E-state index in [2.05, 4.69) is 27.2 Å². The van der Waals surface area contributed by atoms with Crippen molar-refractivity contribution in [2.45, 2.75) is 32.7 Å². The fourth-order valence-corrected chi connectivity index (χ4v) is 2.43. The fourth-order valence-electron chi connectivity index (χ4n) is 2.43. The van der Waals surface area contributed by atoms with Crippen LogP contribution in [0, 0.1) is 12.8 Å². The van der Waals surface area contributed by atoms with Gasteiger partial charge in [0, 0.05) is 18.7 Å². The number of nitrogens with zero attached hydrogens (tertiary/aromatic N) is 3. The highest BCUT2D eigenvalue weighted by Crippen LogP contribution is 2.27. The van der Waals surface area contributed by atoms with Crippen LogP contribution in [0.25, 0.3) is 0 Å². The number of hydrazine groups is 1. The first-order valence-electron chi connectivity index (χ1n) is 6.39. The zero-order chi connectivity index (χ0) is 14.0. The van der Waals surface area contributed by atoms with Crippen LogP contribution in [0.4, 0.5) is 11.6 Å². The zero-order valence-corrected chi connectivity index (χ0v) is 11.3. The van der Waals surface area contributed by atoms with E-state index < -0.39 is 0 Å². The minimum Gasteiger partial charge on any atom is -0.369 e. The van der Waals surface area contributed by atoms with Crippen molar-refractivity contribution in [2.24, 2.45) is 17.5 Å². The van der Waals surface area contributed by atoms with Crippen LogP contribution in [0.2, 0.25) is 0 Å². The molecule has 0 saturated carbocycles. The molecule has 2 unspecified atom stereocenters. The van der Waals surface area contributed by atoms with E-state index in [1.165, 1.54) is 0 Å². The van der Waals surface area contributed by atoms with E-state index in [9.17, 15) is 4.79 Å². The Hall–Kier alpha value is -1.89. The molecule has 7 heteroatoms. The number of nitrogens with two attached hydrogens (primary N) is 2. The number of piperidine rings is 1. The van der Waals surface area contributed by atoms with Crippen LogP contribution in [0.3, 0.4) is 0 Å². The molecule has 2 heterocycles. The summed E-state index contributed by atoms with van der Waals surface area (Å²) >= 11 is 0. The Morgan fingerprint density at radius 1 is 1.47 bits per heavy atom. The molecule has 1 aromatic rings. The second-order valence-electron chi connectivity index (χ2n) is 4.98. The molecule has 1 aliphatic heterocycles. The normalized spacial score (nSPS) is 23.2. The number of carbonyl (C=O) groups is 1. The van der Waals surface area contributed by atoms with Crippen molar-refractivity contribution >= 4 is 17.5 Å². The van der Waals surface area contributed by atoms with Gasteiger partial charge in [0.1, 0.15) is 17.5 Å². The van der Waals surface area contributed by atoms with Gasteiger partial charge in [0.15, 0.2) is 0 Å². The van der Waals surface area contributed by atoms with E-state index >= 15 is 0 Å². The van der Waals surface area contributed by atoms with Crippen LogP contribution >= 0.6 is 0 Å². The van der Waals surface area contributed by atoms with E-state index in [1.54, 1.807) is 6.07 Å². The van der Waals surface area contributed by atoms with Gasteiger partial charge >= 0.3 is 0 Å². The number of hydrogen-bond donors (Lipinski definition) is 3. The van der Waals surface area contributed by atoms with Gasteiger partial charge in [-0.1, -0.05) is 0 Å². The maximum atomic E-state index is 11.4. The van der Waals surface area contributed by atoms with Gasteiger partial charge in [0.25, 0.3) is 0 Å². The van der Waals surface area contributed by atoms with Crippen LogP contribution in [0.5, 0.6) is 0 Å². The molecule has 1 saturated heterocycles.